The minimum absolute atomic E-state index is 0.0197. The summed E-state index contributed by atoms with van der Waals surface area (Å²) in [6.07, 6.45) is 0.759. The fourth-order valence-corrected chi connectivity index (χ4v) is 5.57. The second-order valence-electron chi connectivity index (χ2n) is 7.86. The summed E-state index contributed by atoms with van der Waals surface area (Å²) in [7, 11) is -3.99. The van der Waals surface area contributed by atoms with Crippen molar-refractivity contribution >= 4 is 38.9 Å². The lowest BCUT2D eigenvalue weighted by molar-refractivity contribution is 0.0981. The molecule has 31 heavy (non-hydrogen) atoms. The van der Waals surface area contributed by atoms with Crippen molar-refractivity contribution < 1.29 is 13.2 Å². The highest BCUT2D eigenvalue weighted by atomic mass is 35.5. The quantitative estimate of drug-likeness (QED) is 0.577. The van der Waals surface area contributed by atoms with Crippen molar-refractivity contribution in [1.29, 1.82) is 0 Å². The van der Waals surface area contributed by atoms with Gasteiger partial charge in [-0.25, -0.2) is 8.42 Å². The van der Waals surface area contributed by atoms with Crippen molar-refractivity contribution in [2.24, 2.45) is 0 Å². The molecule has 1 aliphatic rings. The zero-order valence-electron chi connectivity index (χ0n) is 17.5. The second kappa shape index (κ2) is 8.02. The number of hydrogen-bond acceptors (Lipinski definition) is 3. The van der Waals surface area contributed by atoms with Crippen molar-refractivity contribution in [2.45, 2.75) is 38.1 Å². The SMILES string of the molecule is Cc1cccc(NS(=O)(=O)c2cc(C(=O)N3c4ccccc4C[C@H]3C)ccc2Cl)c1C. The molecule has 0 saturated carbocycles. The first-order chi connectivity index (χ1) is 14.7. The predicted octanol–water partition coefficient (Wildman–Crippen LogP) is 5.35. The highest BCUT2D eigenvalue weighted by molar-refractivity contribution is 7.92. The van der Waals surface area contributed by atoms with Crippen LogP contribution in [-0.2, 0) is 16.4 Å². The van der Waals surface area contributed by atoms with E-state index in [9.17, 15) is 13.2 Å². The third kappa shape index (κ3) is 3.93. The lowest BCUT2D eigenvalue weighted by Gasteiger charge is -2.23. The largest absolute Gasteiger partial charge is 0.305 e. The molecule has 0 radical (unpaired) electrons. The number of nitrogens with zero attached hydrogens (tertiary/aromatic N) is 1. The van der Waals surface area contributed by atoms with E-state index >= 15 is 0 Å². The number of aryl methyl sites for hydroxylation is 1. The molecule has 0 saturated heterocycles. The van der Waals surface area contributed by atoms with Gasteiger partial charge in [0.05, 0.1) is 10.7 Å². The Morgan fingerprint density at radius 3 is 2.58 bits per heavy atom. The summed E-state index contributed by atoms with van der Waals surface area (Å²) in [4.78, 5) is 14.9. The van der Waals surface area contributed by atoms with Gasteiger partial charge in [0.1, 0.15) is 4.90 Å². The van der Waals surface area contributed by atoms with Crippen LogP contribution < -0.4 is 9.62 Å². The molecular weight excluding hydrogens is 432 g/mol. The Kier molecular flexibility index (Phi) is 5.54. The smallest absolute Gasteiger partial charge is 0.263 e. The van der Waals surface area contributed by atoms with Crippen LogP contribution in [0.1, 0.15) is 34.0 Å². The van der Waals surface area contributed by atoms with Crippen LogP contribution in [0.25, 0.3) is 0 Å². The van der Waals surface area contributed by atoms with Gasteiger partial charge in [-0.2, -0.15) is 0 Å². The zero-order valence-corrected chi connectivity index (χ0v) is 19.1. The van der Waals surface area contributed by atoms with Crippen molar-refractivity contribution in [1.82, 2.24) is 0 Å². The maximum atomic E-state index is 13.3. The van der Waals surface area contributed by atoms with Crippen LogP contribution in [-0.4, -0.2) is 20.4 Å². The molecule has 4 rings (SSSR count). The molecule has 0 aliphatic carbocycles. The molecule has 0 fully saturated rings. The summed E-state index contributed by atoms with van der Waals surface area (Å²) >= 11 is 6.25. The summed E-state index contributed by atoms with van der Waals surface area (Å²) in [5, 5.41) is 0.0595. The molecule has 0 bridgehead atoms. The van der Waals surface area contributed by atoms with E-state index in [4.69, 9.17) is 11.6 Å². The van der Waals surface area contributed by atoms with Crippen LogP contribution in [0, 0.1) is 13.8 Å². The number of para-hydroxylation sites is 1. The molecule has 0 spiro atoms. The molecule has 3 aromatic carbocycles. The Labute approximate surface area is 187 Å². The third-order valence-corrected chi connectivity index (χ3v) is 7.59. The summed E-state index contributed by atoms with van der Waals surface area (Å²) < 4.78 is 28.9. The highest BCUT2D eigenvalue weighted by Crippen LogP contribution is 2.34. The molecule has 1 heterocycles. The van der Waals surface area contributed by atoms with E-state index < -0.39 is 10.0 Å². The summed E-state index contributed by atoms with van der Waals surface area (Å²) in [6, 6.07) is 17.5. The van der Waals surface area contributed by atoms with E-state index in [2.05, 4.69) is 4.72 Å². The number of sulfonamides is 1. The molecule has 1 aliphatic heterocycles. The van der Waals surface area contributed by atoms with Gasteiger partial charge in [-0.3, -0.25) is 9.52 Å². The molecule has 5 nitrogen and oxygen atoms in total. The van der Waals surface area contributed by atoms with Gasteiger partial charge < -0.3 is 4.90 Å². The maximum absolute atomic E-state index is 13.3. The minimum atomic E-state index is -3.99. The number of fused-ring (bicyclic) bond motifs is 1. The fraction of sp³-hybridized carbons (Fsp3) is 0.208. The number of anilines is 2. The first-order valence-corrected chi connectivity index (χ1v) is 11.8. The van der Waals surface area contributed by atoms with Gasteiger partial charge in [-0.15, -0.1) is 0 Å². The maximum Gasteiger partial charge on any atom is 0.263 e. The Balaban J connectivity index is 1.70. The molecule has 7 heteroatoms. The van der Waals surface area contributed by atoms with Crippen molar-refractivity contribution in [3.8, 4) is 0 Å². The standard InChI is InChI=1S/C24H23ClN2O3S/c1-15-7-6-9-21(17(15)3)26-31(29,30)23-14-19(11-12-20(23)25)24(28)27-16(2)13-18-8-4-5-10-22(18)27/h4-12,14,16,26H,13H2,1-3H3/t16-/m1/s1. The van der Waals surface area contributed by atoms with E-state index in [0.717, 1.165) is 28.8 Å². The minimum Gasteiger partial charge on any atom is -0.305 e. The summed E-state index contributed by atoms with van der Waals surface area (Å²) in [5.74, 6) is -0.252. The van der Waals surface area contributed by atoms with Gasteiger partial charge in [0.15, 0.2) is 0 Å². The first kappa shape index (κ1) is 21.4. The van der Waals surface area contributed by atoms with Gasteiger partial charge in [0.2, 0.25) is 0 Å². The van der Waals surface area contributed by atoms with Crippen molar-refractivity contribution in [2.75, 3.05) is 9.62 Å². The Hall–Kier alpha value is -2.83. The van der Waals surface area contributed by atoms with Gasteiger partial charge >= 0.3 is 0 Å². The summed E-state index contributed by atoms with van der Waals surface area (Å²) in [5.41, 5.74) is 4.51. The van der Waals surface area contributed by atoms with Crippen molar-refractivity contribution in [3.63, 3.8) is 0 Å². The number of amides is 1. The average molecular weight is 455 g/mol. The Morgan fingerprint density at radius 1 is 1.06 bits per heavy atom. The lowest BCUT2D eigenvalue weighted by atomic mass is 10.1. The van der Waals surface area contributed by atoms with Crippen LogP contribution in [0.2, 0.25) is 5.02 Å². The Bertz CT molecular complexity index is 1290. The normalized spacial score (nSPS) is 15.6. The summed E-state index contributed by atoms with van der Waals surface area (Å²) in [6.45, 7) is 5.74. The molecule has 1 N–H and O–H groups in total. The fourth-order valence-electron chi connectivity index (χ4n) is 3.92. The Morgan fingerprint density at radius 2 is 1.81 bits per heavy atom. The lowest BCUT2D eigenvalue weighted by Crippen LogP contribution is -2.35. The number of nitrogens with one attached hydrogen (secondary N) is 1. The van der Waals surface area contributed by atoms with Crippen LogP contribution >= 0.6 is 11.6 Å². The van der Waals surface area contributed by atoms with Gasteiger partial charge in [0.25, 0.3) is 15.9 Å². The number of benzene rings is 3. The number of rotatable bonds is 4. The number of halogens is 1. The van der Waals surface area contributed by atoms with Gasteiger partial charge in [-0.1, -0.05) is 41.9 Å². The van der Waals surface area contributed by atoms with Gasteiger partial charge in [0, 0.05) is 17.3 Å². The predicted molar refractivity (Wildman–Crippen MR) is 125 cm³/mol. The highest BCUT2D eigenvalue weighted by Gasteiger charge is 2.32. The van der Waals surface area contributed by atoms with Crippen LogP contribution in [0.4, 0.5) is 11.4 Å². The molecule has 0 unspecified atom stereocenters. The molecule has 1 atom stereocenters. The van der Waals surface area contributed by atoms with E-state index in [1.807, 2.05) is 51.1 Å². The second-order valence-corrected chi connectivity index (χ2v) is 9.91. The molecule has 1 amide bonds. The molecule has 0 aromatic heterocycles. The molecule has 3 aromatic rings. The monoisotopic (exact) mass is 454 g/mol. The van der Waals surface area contributed by atoms with Crippen LogP contribution in [0.15, 0.2) is 65.6 Å². The number of hydrogen-bond donors (Lipinski definition) is 1. The molecular formula is C24H23ClN2O3S. The van der Waals surface area contributed by atoms with E-state index in [-0.39, 0.29) is 27.4 Å². The van der Waals surface area contributed by atoms with Crippen molar-refractivity contribution in [3.05, 3.63) is 87.9 Å². The van der Waals surface area contributed by atoms with Crippen LogP contribution in [0.3, 0.4) is 0 Å². The number of carbonyl (C=O) groups is 1. The topological polar surface area (TPSA) is 66.5 Å². The molecule has 160 valence electrons. The van der Waals surface area contributed by atoms with Gasteiger partial charge in [-0.05, 0) is 74.2 Å². The van der Waals surface area contributed by atoms with E-state index in [1.54, 1.807) is 23.1 Å². The zero-order chi connectivity index (χ0) is 22.3. The average Bonchev–Trinajstić information content (AvgIpc) is 3.06. The number of carbonyl (C=O) groups excluding carboxylic acids is 1. The van der Waals surface area contributed by atoms with E-state index in [0.29, 0.717) is 5.69 Å². The van der Waals surface area contributed by atoms with E-state index in [1.165, 1.54) is 12.1 Å². The third-order valence-electron chi connectivity index (χ3n) is 5.74. The first-order valence-electron chi connectivity index (χ1n) is 9.99. The van der Waals surface area contributed by atoms with Crippen LogP contribution in [0.5, 0.6) is 0 Å².